The maximum Gasteiger partial charge on any atom is 0.330 e. The minimum absolute atomic E-state index is 0.0434. The Morgan fingerprint density at radius 3 is 2.50 bits per heavy atom. The second kappa shape index (κ2) is 4.65. The Hall–Kier alpha value is -0.710. The van der Waals surface area contributed by atoms with Gasteiger partial charge in [-0.3, -0.25) is 4.79 Å². The topological polar surface area (TPSA) is 66.4 Å². The lowest BCUT2D eigenvalue weighted by Gasteiger charge is -2.26. The van der Waals surface area contributed by atoms with Gasteiger partial charge in [-0.05, 0) is 25.0 Å². The summed E-state index contributed by atoms with van der Waals surface area (Å²) in [5.74, 6) is 0.422. The molecule has 2 fully saturated rings. The molecule has 0 aromatic carbocycles. The van der Waals surface area contributed by atoms with Crippen molar-refractivity contribution in [2.75, 3.05) is 11.5 Å². The number of hydrogen-bond acceptors (Lipinski definition) is 3. The van der Waals surface area contributed by atoms with Crippen LogP contribution in [0, 0.1) is 5.92 Å². The number of carboxylic acids is 1. The molecule has 0 aromatic heterocycles. The maximum absolute atomic E-state index is 11.9. The quantitative estimate of drug-likeness (QED) is 0.783. The highest BCUT2D eigenvalue weighted by Crippen LogP contribution is 2.30. The highest BCUT2D eigenvalue weighted by Gasteiger charge is 2.44. The van der Waals surface area contributed by atoms with Gasteiger partial charge < -0.3 is 10.4 Å². The van der Waals surface area contributed by atoms with Crippen LogP contribution < -0.4 is 5.32 Å². The zero-order valence-electron chi connectivity index (χ0n) is 9.20. The van der Waals surface area contributed by atoms with Gasteiger partial charge in [0.15, 0.2) is 0 Å². The SMILES string of the molecule is O=C(NC1(C(=O)O)CCSC1)C1CCCC1. The molecule has 1 saturated carbocycles. The Morgan fingerprint density at radius 2 is 2.00 bits per heavy atom. The van der Waals surface area contributed by atoms with Crippen molar-refractivity contribution in [2.24, 2.45) is 5.92 Å². The van der Waals surface area contributed by atoms with Gasteiger partial charge in [0.2, 0.25) is 5.91 Å². The molecule has 16 heavy (non-hydrogen) atoms. The van der Waals surface area contributed by atoms with Crippen molar-refractivity contribution in [1.29, 1.82) is 0 Å². The highest BCUT2D eigenvalue weighted by atomic mass is 32.2. The molecule has 1 amide bonds. The van der Waals surface area contributed by atoms with Crippen LogP contribution in [0.5, 0.6) is 0 Å². The molecule has 0 spiro atoms. The summed E-state index contributed by atoms with van der Waals surface area (Å²) < 4.78 is 0. The number of aliphatic carboxylic acids is 1. The average molecular weight is 243 g/mol. The largest absolute Gasteiger partial charge is 0.479 e. The molecule has 1 saturated heterocycles. The van der Waals surface area contributed by atoms with E-state index < -0.39 is 11.5 Å². The molecule has 1 atom stereocenters. The Labute approximate surface area is 99.2 Å². The third kappa shape index (κ3) is 2.19. The predicted molar refractivity (Wildman–Crippen MR) is 62.4 cm³/mol. The predicted octanol–water partition coefficient (Wildman–Crippen LogP) is 1.25. The zero-order valence-corrected chi connectivity index (χ0v) is 10.0. The van der Waals surface area contributed by atoms with E-state index in [2.05, 4.69) is 5.32 Å². The van der Waals surface area contributed by atoms with Crippen molar-refractivity contribution >= 4 is 23.6 Å². The molecule has 2 N–H and O–H groups in total. The Balaban J connectivity index is 2.00. The standard InChI is InChI=1S/C11H17NO3S/c13-9(8-3-1-2-4-8)12-11(10(14)15)5-6-16-7-11/h8H,1-7H2,(H,12,13)(H,14,15). The molecule has 0 radical (unpaired) electrons. The second-order valence-electron chi connectivity index (χ2n) is 4.66. The molecule has 0 bridgehead atoms. The van der Waals surface area contributed by atoms with Crippen molar-refractivity contribution in [1.82, 2.24) is 5.32 Å². The molecule has 1 aliphatic heterocycles. The van der Waals surface area contributed by atoms with E-state index in [9.17, 15) is 14.7 Å². The minimum Gasteiger partial charge on any atom is -0.479 e. The van der Waals surface area contributed by atoms with Crippen LogP contribution >= 0.6 is 11.8 Å². The van der Waals surface area contributed by atoms with E-state index in [-0.39, 0.29) is 11.8 Å². The van der Waals surface area contributed by atoms with Crippen LogP contribution in [0.1, 0.15) is 32.1 Å². The molecular formula is C11H17NO3S. The zero-order chi connectivity index (χ0) is 11.6. The van der Waals surface area contributed by atoms with E-state index in [4.69, 9.17) is 0 Å². The van der Waals surface area contributed by atoms with Gasteiger partial charge in [0, 0.05) is 11.7 Å². The van der Waals surface area contributed by atoms with Crippen molar-refractivity contribution in [2.45, 2.75) is 37.6 Å². The number of thioether (sulfide) groups is 1. The number of carboxylic acid groups (broad SMARTS) is 1. The van der Waals surface area contributed by atoms with Gasteiger partial charge >= 0.3 is 5.97 Å². The molecule has 1 unspecified atom stereocenters. The fraction of sp³-hybridized carbons (Fsp3) is 0.818. The molecule has 2 rings (SSSR count). The maximum atomic E-state index is 11.9. The second-order valence-corrected chi connectivity index (χ2v) is 5.77. The van der Waals surface area contributed by atoms with Crippen LogP contribution in [0.4, 0.5) is 0 Å². The fourth-order valence-electron chi connectivity index (χ4n) is 2.41. The van der Waals surface area contributed by atoms with E-state index in [0.717, 1.165) is 31.4 Å². The van der Waals surface area contributed by atoms with E-state index in [1.807, 2.05) is 0 Å². The summed E-state index contributed by atoms with van der Waals surface area (Å²) in [6, 6.07) is 0. The Morgan fingerprint density at radius 1 is 1.31 bits per heavy atom. The van der Waals surface area contributed by atoms with Gasteiger partial charge in [0.05, 0.1) is 0 Å². The molecule has 1 heterocycles. The summed E-state index contributed by atoms with van der Waals surface area (Å²) >= 11 is 1.60. The molecule has 0 aromatic rings. The van der Waals surface area contributed by atoms with Gasteiger partial charge in [-0.1, -0.05) is 12.8 Å². The lowest BCUT2D eigenvalue weighted by atomic mass is 9.97. The van der Waals surface area contributed by atoms with E-state index in [1.54, 1.807) is 11.8 Å². The van der Waals surface area contributed by atoms with Gasteiger partial charge in [-0.15, -0.1) is 0 Å². The number of carbonyl (C=O) groups excluding carboxylic acids is 1. The summed E-state index contributed by atoms with van der Waals surface area (Å²) in [5.41, 5.74) is -0.996. The van der Waals surface area contributed by atoms with Crippen molar-refractivity contribution in [3.63, 3.8) is 0 Å². The van der Waals surface area contributed by atoms with E-state index in [1.165, 1.54) is 0 Å². The summed E-state index contributed by atoms with van der Waals surface area (Å²) in [6.07, 6.45) is 4.55. The number of hydrogen-bond donors (Lipinski definition) is 2. The smallest absolute Gasteiger partial charge is 0.330 e. The number of nitrogens with one attached hydrogen (secondary N) is 1. The number of amides is 1. The monoisotopic (exact) mass is 243 g/mol. The first kappa shape index (κ1) is 11.8. The van der Waals surface area contributed by atoms with Gasteiger partial charge in [0.1, 0.15) is 5.54 Å². The lowest BCUT2D eigenvalue weighted by molar-refractivity contribution is -0.147. The van der Waals surface area contributed by atoms with Crippen LogP contribution in [0.25, 0.3) is 0 Å². The molecule has 1 aliphatic carbocycles. The lowest BCUT2D eigenvalue weighted by Crippen LogP contribution is -2.56. The van der Waals surface area contributed by atoms with Crippen LogP contribution in [0.2, 0.25) is 0 Å². The first-order valence-corrected chi connectivity index (χ1v) is 6.93. The van der Waals surface area contributed by atoms with Gasteiger partial charge in [-0.2, -0.15) is 11.8 Å². The fourth-order valence-corrected chi connectivity index (χ4v) is 3.74. The minimum atomic E-state index is -0.996. The molecule has 90 valence electrons. The van der Waals surface area contributed by atoms with Crippen LogP contribution in [0.15, 0.2) is 0 Å². The average Bonchev–Trinajstić information content (AvgIpc) is 2.88. The Bertz CT molecular complexity index is 294. The van der Waals surface area contributed by atoms with Crippen molar-refractivity contribution in [3.05, 3.63) is 0 Å². The van der Waals surface area contributed by atoms with Crippen LogP contribution in [0.3, 0.4) is 0 Å². The molecular weight excluding hydrogens is 226 g/mol. The van der Waals surface area contributed by atoms with Crippen LogP contribution in [-0.2, 0) is 9.59 Å². The summed E-state index contributed by atoms with van der Waals surface area (Å²) in [6.45, 7) is 0. The van der Waals surface area contributed by atoms with Crippen molar-refractivity contribution in [3.8, 4) is 0 Å². The van der Waals surface area contributed by atoms with Gasteiger partial charge in [0.25, 0.3) is 0 Å². The molecule has 4 nitrogen and oxygen atoms in total. The van der Waals surface area contributed by atoms with Crippen molar-refractivity contribution < 1.29 is 14.7 Å². The summed E-state index contributed by atoms with van der Waals surface area (Å²) in [4.78, 5) is 23.2. The summed E-state index contributed by atoms with van der Waals surface area (Å²) in [5, 5.41) is 12.0. The van der Waals surface area contributed by atoms with E-state index >= 15 is 0 Å². The number of rotatable bonds is 3. The third-order valence-electron chi connectivity index (χ3n) is 3.52. The third-order valence-corrected chi connectivity index (χ3v) is 4.71. The number of carbonyl (C=O) groups is 2. The van der Waals surface area contributed by atoms with Crippen LogP contribution in [-0.4, -0.2) is 34.0 Å². The highest BCUT2D eigenvalue weighted by molar-refractivity contribution is 7.99. The Kier molecular flexibility index (Phi) is 3.42. The molecule has 2 aliphatic rings. The van der Waals surface area contributed by atoms with Gasteiger partial charge in [-0.25, -0.2) is 4.79 Å². The first-order chi connectivity index (χ1) is 7.64. The first-order valence-electron chi connectivity index (χ1n) is 5.77. The van der Waals surface area contributed by atoms with E-state index in [0.29, 0.717) is 12.2 Å². The normalized spacial score (nSPS) is 30.5. The summed E-state index contributed by atoms with van der Waals surface area (Å²) in [7, 11) is 0. The molecule has 5 heteroatoms.